The second kappa shape index (κ2) is 10.5. The maximum atomic E-state index is 13.0. The van der Waals surface area contributed by atoms with Crippen LogP contribution >= 0.6 is 12.1 Å². The van der Waals surface area contributed by atoms with E-state index in [1.807, 2.05) is 41.0 Å². The summed E-state index contributed by atoms with van der Waals surface area (Å²) in [7, 11) is 0. The number of aromatic nitrogens is 4. The van der Waals surface area contributed by atoms with Gasteiger partial charge in [0.1, 0.15) is 11.3 Å². The van der Waals surface area contributed by atoms with Crippen molar-refractivity contribution in [1.82, 2.24) is 19.5 Å². The highest BCUT2D eigenvalue weighted by Crippen LogP contribution is 2.34. The standard InChI is InChI=1S/C27H28FN5O3S/c1-15(18-4-3-5-18)29-23-22-24(31-25(30-23)27(35)36)32-26(20-10-8-19(9-11-20)16(2)34)33(22)14-17-6-12-21(37-28)13-7-17/h6-13,15-16,18,34H,3-5,14H2,1-2H3,(H,35,36)(H,29,30,31)/t15-,16?/m1/s1. The van der Waals surface area contributed by atoms with Crippen molar-refractivity contribution < 1.29 is 18.9 Å². The van der Waals surface area contributed by atoms with Crippen LogP contribution in [0.2, 0.25) is 0 Å². The van der Waals surface area contributed by atoms with E-state index in [-0.39, 0.29) is 29.7 Å². The maximum absolute atomic E-state index is 13.0. The number of nitrogens with zero attached hydrogens (tertiary/aromatic N) is 4. The highest BCUT2D eigenvalue weighted by atomic mass is 32.2. The number of nitrogens with one attached hydrogen (secondary N) is 1. The molecule has 10 heteroatoms. The number of imidazole rings is 1. The van der Waals surface area contributed by atoms with Crippen LogP contribution in [0.15, 0.2) is 53.4 Å². The van der Waals surface area contributed by atoms with Gasteiger partial charge in [-0.25, -0.2) is 19.7 Å². The van der Waals surface area contributed by atoms with Crippen LogP contribution in [0, 0.1) is 5.92 Å². The fourth-order valence-corrected chi connectivity index (χ4v) is 4.86. The molecule has 2 aromatic heterocycles. The molecule has 192 valence electrons. The van der Waals surface area contributed by atoms with Gasteiger partial charge in [-0.3, -0.25) is 0 Å². The summed E-state index contributed by atoms with van der Waals surface area (Å²) in [5.74, 6) is -0.0315. The van der Waals surface area contributed by atoms with Crippen LogP contribution in [0.4, 0.5) is 9.70 Å². The quantitative estimate of drug-likeness (QED) is 0.251. The molecule has 5 rings (SSSR count). The fourth-order valence-electron chi connectivity index (χ4n) is 4.62. The van der Waals surface area contributed by atoms with E-state index in [0.29, 0.717) is 34.5 Å². The lowest BCUT2D eigenvalue weighted by Crippen LogP contribution is -2.31. The summed E-state index contributed by atoms with van der Waals surface area (Å²) in [4.78, 5) is 25.8. The van der Waals surface area contributed by atoms with Crippen LogP contribution in [-0.2, 0) is 6.54 Å². The van der Waals surface area contributed by atoms with Gasteiger partial charge in [-0.15, -0.1) is 0 Å². The summed E-state index contributed by atoms with van der Waals surface area (Å²) in [5.41, 5.74) is 3.36. The molecule has 4 aromatic rings. The van der Waals surface area contributed by atoms with Crippen molar-refractivity contribution in [2.24, 2.45) is 5.92 Å². The summed E-state index contributed by atoms with van der Waals surface area (Å²) in [6, 6.07) is 14.7. The largest absolute Gasteiger partial charge is 0.475 e. The number of benzene rings is 2. The van der Waals surface area contributed by atoms with Crippen molar-refractivity contribution in [2.75, 3.05) is 5.32 Å². The van der Waals surface area contributed by atoms with E-state index in [1.165, 1.54) is 6.42 Å². The van der Waals surface area contributed by atoms with Crippen LogP contribution in [0.1, 0.15) is 61.0 Å². The molecule has 2 atom stereocenters. The van der Waals surface area contributed by atoms with E-state index in [9.17, 15) is 18.9 Å². The fraction of sp³-hybridized carbons (Fsp3) is 0.333. The minimum absolute atomic E-state index is 0.103. The summed E-state index contributed by atoms with van der Waals surface area (Å²) in [6.07, 6.45) is 2.82. The molecule has 8 nitrogen and oxygen atoms in total. The van der Waals surface area contributed by atoms with E-state index in [4.69, 9.17) is 4.98 Å². The highest BCUT2D eigenvalue weighted by Gasteiger charge is 2.27. The minimum Gasteiger partial charge on any atom is -0.475 e. The molecule has 0 radical (unpaired) electrons. The minimum atomic E-state index is -1.22. The molecular weight excluding hydrogens is 493 g/mol. The Kier molecular flexibility index (Phi) is 7.12. The average molecular weight is 522 g/mol. The smallest absolute Gasteiger partial charge is 0.374 e. The van der Waals surface area contributed by atoms with Crippen molar-refractivity contribution in [3.8, 4) is 11.4 Å². The van der Waals surface area contributed by atoms with Crippen LogP contribution in [-0.4, -0.2) is 41.7 Å². The molecule has 0 bridgehead atoms. The van der Waals surface area contributed by atoms with E-state index in [2.05, 4.69) is 22.2 Å². The number of aromatic carboxylic acids is 1. The molecule has 3 N–H and O–H groups in total. The zero-order valence-corrected chi connectivity index (χ0v) is 21.4. The van der Waals surface area contributed by atoms with Gasteiger partial charge in [-0.1, -0.05) is 42.8 Å². The van der Waals surface area contributed by atoms with Crippen molar-refractivity contribution in [3.05, 3.63) is 65.5 Å². The van der Waals surface area contributed by atoms with Crippen LogP contribution in [0.5, 0.6) is 0 Å². The number of anilines is 1. The Bertz CT molecular complexity index is 1420. The molecule has 0 spiro atoms. The molecule has 1 aliphatic carbocycles. The van der Waals surface area contributed by atoms with Gasteiger partial charge in [-0.05, 0) is 55.9 Å². The van der Waals surface area contributed by atoms with Crippen LogP contribution in [0.25, 0.3) is 22.6 Å². The number of aliphatic hydroxyl groups excluding tert-OH is 1. The van der Waals surface area contributed by atoms with E-state index >= 15 is 0 Å². The summed E-state index contributed by atoms with van der Waals surface area (Å²) in [6.45, 7) is 4.18. The predicted molar refractivity (Wildman–Crippen MR) is 141 cm³/mol. The van der Waals surface area contributed by atoms with Crippen molar-refractivity contribution in [3.63, 3.8) is 0 Å². The van der Waals surface area contributed by atoms with Crippen molar-refractivity contribution >= 4 is 35.1 Å². The van der Waals surface area contributed by atoms with Gasteiger partial charge in [-0.2, -0.15) is 3.89 Å². The van der Waals surface area contributed by atoms with Gasteiger partial charge < -0.3 is 20.1 Å². The second-order valence-electron chi connectivity index (χ2n) is 9.54. The molecule has 0 amide bonds. The number of aliphatic hydroxyl groups is 1. The first-order chi connectivity index (χ1) is 17.8. The van der Waals surface area contributed by atoms with Gasteiger partial charge in [0, 0.05) is 23.0 Å². The third kappa shape index (κ3) is 5.17. The number of carboxylic acid groups (broad SMARTS) is 1. The molecule has 1 saturated carbocycles. The Balaban J connectivity index is 1.68. The molecule has 0 aliphatic heterocycles. The lowest BCUT2D eigenvalue weighted by Gasteiger charge is -2.32. The highest BCUT2D eigenvalue weighted by molar-refractivity contribution is 7.94. The van der Waals surface area contributed by atoms with Crippen LogP contribution < -0.4 is 5.32 Å². The zero-order valence-electron chi connectivity index (χ0n) is 20.6. The Morgan fingerprint density at radius 3 is 2.38 bits per heavy atom. The third-order valence-corrected chi connectivity index (χ3v) is 7.47. The number of carboxylic acids is 1. The topological polar surface area (TPSA) is 113 Å². The number of halogens is 1. The zero-order chi connectivity index (χ0) is 26.1. The lowest BCUT2D eigenvalue weighted by atomic mass is 9.80. The second-order valence-corrected chi connectivity index (χ2v) is 10.2. The summed E-state index contributed by atoms with van der Waals surface area (Å²) < 4.78 is 15.0. The van der Waals surface area contributed by atoms with Crippen molar-refractivity contribution in [2.45, 2.75) is 56.7 Å². The monoisotopic (exact) mass is 521 g/mol. The number of fused-ring (bicyclic) bond motifs is 1. The number of carbonyl (C=O) groups is 1. The molecule has 1 unspecified atom stereocenters. The first kappa shape index (κ1) is 25.2. The Hall–Kier alpha value is -3.50. The molecule has 0 saturated heterocycles. The molecule has 1 aliphatic rings. The predicted octanol–water partition coefficient (Wildman–Crippen LogP) is 5.87. The molecule has 37 heavy (non-hydrogen) atoms. The third-order valence-electron chi connectivity index (χ3n) is 7.02. The Morgan fingerprint density at radius 1 is 1.11 bits per heavy atom. The SMILES string of the molecule is CC(O)c1ccc(-c2nc3nc(C(=O)O)nc(N[C@H](C)C4CCC4)c3n2Cc2ccc(SF)cc2)cc1. The van der Waals surface area contributed by atoms with Gasteiger partial charge in [0.25, 0.3) is 0 Å². The van der Waals surface area contributed by atoms with Gasteiger partial charge >= 0.3 is 5.97 Å². The molecule has 2 heterocycles. The van der Waals surface area contributed by atoms with E-state index < -0.39 is 12.1 Å². The average Bonchev–Trinajstić information content (AvgIpc) is 3.21. The maximum Gasteiger partial charge on any atom is 0.374 e. The number of rotatable bonds is 9. The van der Waals surface area contributed by atoms with E-state index in [0.717, 1.165) is 29.5 Å². The van der Waals surface area contributed by atoms with E-state index in [1.54, 1.807) is 19.1 Å². The lowest BCUT2D eigenvalue weighted by molar-refractivity contribution is 0.0684. The van der Waals surface area contributed by atoms with Gasteiger partial charge in [0.15, 0.2) is 11.5 Å². The molecule has 2 aromatic carbocycles. The Morgan fingerprint density at radius 2 is 1.81 bits per heavy atom. The van der Waals surface area contributed by atoms with Gasteiger partial charge in [0.2, 0.25) is 5.82 Å². The number of hydrogen-bond acceptors (Lipinski definition) is 7. The number of hydrogen-bond donors (Lipinski definition) is 3. The first-order valence-corrected chi connectivity index (χ1v) is 13.0. The molecule has 1 fully saturated rings. The van der Waals surface area contributed by atoms with Gasteiger partial charge in [0.05, 0.1) is 18.3 Å². The summed E-state index contributed by atoms with van der Waals surface area (Å²) >= 11 is 0.190. The van der Waals surface area contributed by atoms with Crippen molar-refractivity contribution in [1.29, 1.82) is 0 Å². The first-order valence-electron chi connectivity index (χ1n) is 12.3. The normalized spacial score (nSPS) is 15.4. The molecular formula is C27H28FN5O3S. The van der Waals surface area contributed by atoms with Crippen LogP contribution in [0.3, 0.4) is 0 Å². The Labute approximate surface area is 218 Å². The summed E-state index contributed by atoms with van der Waals surface area (Å²) in [5, 5.41) is 23.1.